The van der Waals surface area contributed by atoms with Gasteiger partial charge in [0.05, 0.1) is 5.60 Å². The van der Waals surface area contributed by atoms with Crippen LogP contribution in [0.3, 0.4) is 0 Å². The van der Waals surface area contributed by atoms with Gasteiger partial charge in [0.2, 0.25) is 0 Å². The van der Waals surface area contributed by atoms with E-state index in [0.717, 1.165) is 19.5 Å². The Bertz CT molecular complexity index is 476. The molecule has 20 heavy (non-hydrogen) atoms. The number of β-amino-alcohol motifs (C(OH)–C–C–N with tert-alkyl or cyclic N) is 1. The van der Waals surface area contributed by atoms with Gasteiger partial charge < -0.3 is 9.84 Å². The predicted molar refractivity (Wildman–Crippen MR) is 75.3 cm³/mol. The monoisotopic (exact) mass is 279 g/mol. The van der Waals surface area contributed by atoms with E-state index in [9.17, 15) is 9.90 Å². The third-order valence-corrected chi connectivity index (χ3v) is 3.43. The quantitative estimate of drug-likeness (QED) is 0.405. The summed E-state index contributed by atoms with van der Waals surface area (Å²) in [6.45, 7) is 4.67. The molecule has 1 amide bonds. The molecule has 1 aliphatic heterocycles. The maximum absolute atomic E-state index is 11.4. The Morgan fingerprint density at radius 3 is 3.05 bits per heavy atom. The summed E-state index contributed by atoms with van der Waals surface area (Å²) in [5.41, 5.74) is 1.97. The number of hydrogen-bond acceptors (Lipinski definition) is 5. The molecule has 4 N–H and O–H groups in total. The Labute approximate surface area is 118 Å². The van der Waals surface area contributed by atoms with Crippen LogP contribution in [0.25, 0.3) is 0 Å². The first-order valence-electron chi connectivity index (χ1n) is 6.69. The maximum atomic E-state index is 11.4. The summed E-state index contributed by atoms with van der Waals surface area (Å²) in [6.07, 6.45) is 0.791. The number of carbonyl (C=O) groups excluding carboxylic acids is 1. The lowest BCUT2D eigenvalue weighted by Gasteiger charge is -2.18. The van der Waals surface area contributed by atoms with Crippen LogP contribution in [0.1, 0.15) is 23.7 Å². The third-order valence-electron chi connectivity index (χ3n) is 3.43. The Balaban J connectivity index is 1.81. The van der Waals surface area contributed by atoms with Gasteiger partial charge in [0.1, 0.15) is 12.4 Å². The molecular formula is C14H21N3O3. The highest BCUT2D eigenvalue weighted by Crippen LogP contribution is 2.20. The van der Waals surface area contributed by atoms with E-state index in [2.05, 4.69) is 10.3 Å². The minimum absolute atomic E-state index is 0.342. The number of carbonyl (C=O) groups is 1. The van der Waals surface area contributed by atoms with Gasteiger partial charge in [-0.3, -0.25) is 15.1 Å². The minimum atomic E-state index is -0.584. The molecule has 0 bridgehead atoms. The maximum Gasteiger partial charge on any atom is 0.265 e. The van der Waals surface area contributed by atoms with Crippen molar-refractivity contribution in [1.29, 1.82) is 0 Å². The van der Waals surface area contributed by atoms with Gasteiger partial charge in [-0.1, -0.05) is 6.07 Å². The van der Waals surface area contributed by atoms with Crippen molar-refractivity contribution in [3.05, 3.63) is 29.8 Å². The van der Waals surface area contributed by atoms with Crippen LogP contribution in [-0.2, 0) is 0 Å². The number of hydrazine groups is 1. The fraction of sp³-hybridized carbons (Fsp3) is 0.500. The Kier molecular flexibility index (Phi) is 4.59. The zero-order valence-electron chi connectivity index (χ0n) is 11.6. The van der Waals surface area contributed by atoms with Crippen LogP contribution in [-0.4, -0.2) is 47.8 Å². The molecule has 110 valence electrons. The van der Waals surface area contributed by atoms with Gasteiger partial charge in [0, 0.05) is 25.2 Å². The van der Waals surface area contributed by atoms with Gasteiger partial charge in [-0.15, -0.1) is 0 Å². The number of ether oxygens (including phenoxy) is 1. The normalized spacial score (nSPS) is 22.8. The lowest BCUT2D eigenvalue weighted by atomic mass is 10.1. The van der Waals surface area contributed by atoms with Crippen LogP contribution in [0, 0.1) is 0 Å². The zero-order valence-corrected chi connectivity index (χ0v) is 11.6. The van der Waals surface area contributed by atoms with Crippen LogP contribution >= 0.6 is 0 Å². The van der Waals surface area contributed by atoms with Gasteiger partial charge in [-0.2, -0.15) is 0 Å². The molecule has 1 fully saturated rings. The van der Waals surface area contributed by atoms with Gasteiger partial charge in [0.15, 0.2) is 0 Å². The highest BCUT2D eigenvalue weighted by Gasteiger charge is 2.30. The van der Waals surface area contributed by atoms with Gasteiger partial charge >= 0.3 is 0 Å². The zero-order chi connectivity index (χ0) is 14.6. The van der Waals surface area contributed by atoms with Gasteiger partial charge in [-0.25, -0.2) is 5.84 Å². The molecule has 1 unspecified atom stereocenters. The van der Waals surface area contributed by atoms with Crippen molar-refractivity contribution in [2.75, 3.05) is 26.2 Å². The number of nitrogens with two attached hydrogens (primary N) is 1. The van der Waals surface area contributed by atoms with Crippen molar-refractivity contribution in [2.24, 2.45) is 5.84 Å². The second kappa shape index (κ2) is 6.21. The number of nitrogens with zero attached hydrogens (tertiary/aromatic N) is 1. The number of nitrogens with one attached hydrogen (secondary N) is 1. The van der Waals surface area contributed by atoms with Crippen LogP contribution in [0.15, 0.2) is 24.3 Å². The van der Waals surface area contributed by atoms with Crippen LogP contribution in [0.2, 0.25) is 0 Å². The standard InChI is InChI=1S/C14H21N3O3/c1-14(19)5-6-17(10-14)7-8-20-12-4-2-3-11(9-12)13(18)16-15/h2-4,9,19H,5-8,10,15H2,1H3,(H,16,18). The molecule has 1 aliphatic rings. The second-order valence-corrected chi connectivity index (χ2v) is 5.37. The van der Waals surface area contributed by atoms with E-state index in [4.69, 9.17) is 10.6 Å². The summed E-state index contributed by atoms with van der Waals surface area (Å²) in [5, 5.41) is 9.87. The highest BCUT2D eigenvalue weighted by molar-refractivity contribution is 5.94. The van der Waals surface area contributed by atoms with E-state index in [1.165, 1.54) is 0 Å². The topological polar surface area (TPSA) is 87.8 Å². The summed E-state index contributed by atoms with van der Waals surface area (Å²) in [7, 11) is 0. The molecule has 6 nitrogen and oxygen atoms in total. The van der Waals surface area contributed by atoms with Crippen LogP contribution in [0.4, 0.5) is 0 Å². The fourth-order valence-corrected chi connectivity index (χ4v) is 2.33. The number of likely N-dealkylation sites (tertiary alicyclic amines) is 1. The summed E-state index contributed by atoms with van der Waals surface area (Å²) in [4.78, 5) is 13.6. The van der Waals surface area contributed by atoms with Crippen molar-refractivity contribution in [1.82, 2.24) is 10.3 Å². The average molecular weight is 279 g/mol. The molecule has 0 spiro atoms. The Hall–Kier alpha value is -1.63. The molecule has 0 saturated carbocycles. The van der Waals surface area contributed by atoms with E-state index in [1.54, 1.807) is 24.3 Å². The molecule has 2 rings (SSSR count). The average Bonchev–Trinajstić information content (AvgIpc) is 2.78. The van der Waals surface area contributed by atoms with E-state index in [1.807, 2.05) is 6.92 Å². The van der Waals surface area contributed by atoms with Gasteiger partial charge in [-0.05, 0) is 31.5 Å². The van der Waals surface area contributed by atoms with E-state index >= 15 is 0 Å². The fourth-order valence-electron chi connectivity index (χ4n) is 2.33. The molecule has 1 aromatic carbocycles. The molecular weight excluding hydrogens is 258 g/mol. The molecule has 1 aromatic rings. The Morgan fingerprint density at radius 1 is 1.60 bits per heavy atom. The van der Waals surface area contributed by atoms with Crippen molar-refractivity contribution < 1.29 is 14.6 Å². The number of hydrogen-bond donors (Lipinski definition) is 3. The largest absolute Gasteiger partial charge is 0.492 e. The van der Waals surface area contributed by atoms with Gasteiger partial charge in [0.25, 0.3) is 5.91 Å². The molecule has 1 atom stereocenters. The first-order valence-corrected chi connectivity index (χ1v) is 6.69. The molecule has 0 aromatic heterocycles. The lowest BCUT2D eigenvalue weighted by Crippen LogP contribution is -2.32. The van der Waals surface area contributed by atoms with Crippen molar-refractivity contribution in [2.45, 2.75) is 18.9 Å². The SMILES string of the molecule is CC1(O)CCN(CCOc2cccc(C(=O)NN)c2)C1. The van der Waals surface area contributed by atoms with E-state index in [-0.39, 0.29) is 5.91 Å². The molecule has 1 heterocycles. The van der Waals surface area contributed by atoms with Crippen molar-refractivity contribution >= 4 is 5.91 Å². The number of amides is 1. The summed E-state index contributed by atoms with van der Waals surface area (Å²) in [6, 6.07) is 6.88. The first-order chi connectivity index (χ1) is 9.50. The second-order valence-electron chi connectivity index (χ2n) is 5.37. The minimum Gasteiger partial charge on any atom is -0.492 e. The molecule has 1 saturated heterocycles. The molecule has 0 radical (unpaired) electrons. The number of rotatable bonds is 5. The number of aliphatic hydroxyl groups is 1. The predicted octanol–water partition coefficient (Wildman–Crippen LogP) is 0.126. The van der Waals surface area contributed by atoms with Crippen LogP contribution in [0.5, 0.6) is 5.75 Å². The number of benzene rings is 1. The number of nitrogen functional groups attached to an aromatic ring is 1. The van der Waals surface area contributed by atoms with Crippen LogP contribution < -0.4 is 16.0 Å². The van der Waals surface area contributed by atoms with E-state index in [0.29, 0.717) is 24.5 Å². The highest BCUT2D eigenvalue weighted by atomic mass is 16.5. The smallest absolute Gasteiger partial charge is 0.265 e. The van der Waals surface area contributed by atoms with E-state index < -0.39 is 5.60 Å². The van der Waals surface area contributed by atoms with Crippen molar-refractivity contribution in [3.63, 3.8) is 0 Å². The Morgan fingerprint density at radius 2 is 2.40 bits per heavy atom. The van der Waals surface area contributed by atoms with Crippen molar-refractivity contribution in [3.8, 4) is 5.75 Å². The lowest BCUT2D eigenvalue weighted by molar-refractivity contribution is 0.0669. The molecule has 0 aliphatic carbocycles. The molecule has 6 heteroatoms. The first kappa shape index (κ1) is 14.8. The summed E-state index contributed by atoms with van der Waals surface area (Å²) in [5.74, 6) is 5.39. The summed E-state index contributed by atoms with van der Waals surface area (Å²) < 4.78 is 5.63. The summed E-state index contributed by atoms with van der Waals surface area (Å²) >= 11 is 0. The third kappa shape index (κ3) is 3.93.